The first kappa shape index (κ1) is 19.5. The zero-order valence-corrected chi connectivity index (χ0v) is 15.9. The van der Waals surface area contributed by atoms with Crippen LogP contribution in [0.15, 0.2) is 18.2 Å². The number of rotatable bonds is 6. The number of carbonyl (C=O) groups is 1. The summed E-state index contributed by atoms with van der Waals surface area (Å²) in [5, 5.41) is 3.00. The molecule has 0 radical (unpaired) electrons. The Kier molecular flexibility index (Phi) is 6.29. The molecule has 1 aliphatic rings. The highest BCUT2D eigenvalue weighted by Crippen LogP contribution is 2.30. The highest BCUT2D eigenvalue weighted by Gasteiger charge is 2.29. The summed E-state index contributed by atoms with van der Waals surface area (Å²) >= 11 is 0. The standard InChI is InChI=1S/C17H26N2O5S/c1-12(15-11-14(23-2)5-6-16(15)24-3)18-17(20)13-7-9-19(10-8-13)25(4,21)22/h5-6,11-13H,7-10H2,1-4H3,(H,18,20)/t12-/m0/s1. The Morgan fingerprint density at radius 1 is 1.24 bits per heavy atom. The molecule has 8 heteroatoms. The number of ether oxygens (including phenoxy) is 2. The number of methoxy groups -OCH3 is 2. The third-order valence-corrected chi connectivity index (χ3v) is 5.86. The van der Waals surface area contributed by atoms with Gasteiger partial charge < -0.3 is 14.8 Å². The predicted octanol–water partition coefficient (Wildman–Crippen LogP) is 1.55. The molecule has 0 bridgehead atoms. The quantitative estimate of drug-likeness (QED) is 0.821. The summed E-state index contributed by atoms with van der Waals surface area (Å²) in [5.41, 5.74) is 0.837. The summed E-state index contributed by atoms with van der Waals surface area (Å²) in [6, 6.07) is 5.21. The first-order valence-electron chi connectivity index (χ1n) is 8.23. The van der Waals surface area contributed by atoms with Crippen molar-refractivity contribution in [3.8, 4) is 11.5 Å². The zero-order chi connectivity index (χ0) is 18.6. The van der Waals surface area contributed by atoms with Crippen molar-refractivity contribution in [1.82, 2.24) is 9.62 Å². The molecule has 1 heterocycles. The van der Waals surface area contributed by atoms with Gasteiger partial charge in [-0.05, 0) is 38.0 Å². The molecular weight excluding hydrogens is 344 g/mol. The zero-order valence-electron chi connectivity index (χ0n) is 15.1. The Morgan fingerprint density at radius 2 is 1.88 bits per heavy atom. The van der Waals surface area contributed by atoms with Gasteiger partial charge in [0.1, 0.15) is 11.5 Å². The van der Waals surface area contributed by atoms with Crippen LogP contribution >= 0.6 is 0 Å². The average molecular weight is 370 g/mol. The Morgan fingerprint density at radius 3 is 2.40 bits per heavy atom. The maximum Gasteiger partial charge on any atom is 0.223 e. The summed E-state index contributed by atoms with van der Waals surface area (Å²) in [5.74, 6) is 1.13. The molecule has 0 saturated carbocycles. The summed E-state index contributed by atoms with van der Waals surface area (Å²) in [6.45, 7) is 2.66. The van der Waals surface area contributed by atoms with Crippen LogP contribution in [0.4, 0.5) is 0 Å². The van der Waals surface area contributed by atoms with Crippen LogP contribution in [0, 0.1) is 5.92 Å². The molecule has 1 aromatic rings. The maximum atomic E-state index is 12.5. The fourth-order valence-corrected chi connectivity index (χ4v) is 3.91. The van der Waals surface area contributed by atoms with Crippen LogP contribution in [0.2, 0.25) is 0 Å². The molecular formula is C17H26N2O5S. The largest absolute Gasteiger partial charge is 0.497 e. The molecule has 2 rings (SSSR count). The number of nitrogens with zero attached hydrogens (tertiary/aromatic N) is 1. The van der Waals surface area contributed by atoms with E-state index < -0.39 is 10.0 Å². The molecule has 0 aromatic heterocycles. The third-order valence-electron chi connectivity index (χ3n) is 4.56. The van der Waals surface area contributed by atoms with E-state index in [0.717, 1.165) is 5.56 Å². The van der Waals surface area contributed by atoms with Gasteiger partial charge in [-0.1, -0.05) is 0 Å². The van der Waals surface area contributed by atoms with E-state index in [-0.39, 0.29) is 17.9 Å². The minimum atomic E-state index is -3.19. The fraction of sp³-hybridized carbons (Fsp3) is 0.588. The van der Waals surface area contributed by atoms with Crippen LogP contribution in [0.3, 0.4) is 0 Å². The number of piperidine rings is 1. The molecule has 7 nitrogen and oxygen atoms in total. The lowest BCUT2D eigenvalue weighted by Gasteiger charge is -2.30. The van der Waals surface area contributed by atoms with E-state index in [9.17, 15) is 13.2 Å². The Bertz CT molecular complexity index is 712. The Balaban J connectivity index is 2.01. The van der Waals surface area contributed by atoms with E-state index in [4.69, 9.17) is 9.47 Å². The Hall–Kier alpha value is -1.80. The van der Waals surface area contributed by atoms with Crippen LogP contribution in [-0.2, 0) is 14.8 Å². The monoisotopic (exact) mass is 370 g/mol. The van der Waals surface area contributed by atoms with Crippen molar-refractivity contribution >= 4 is 15.9 Å². The summed E-state index contributed by atoms with van der Waals surface area (Å²) in [6.07, 6.45) is 2.26. The van der Waals surface area contributed by atoms with E-state index in [2.05, 4.69) is 5.32 Å². The number of amides is 1. The van der Waals surface area contributed by atoms with Crippen LogP contribution in [0.1, 0.15) is 31.4 Å². The van der Waals surface area contributed by atoms with Crippen molar-refractivity contribution in [2.75, 3.05) is 33.6 Å². The molecule has 1 atom stereocenters. The van der Waals surface area contributed by atoms with Crippen molar-refractivity contribution in [2.45, 2.75) is 25.8 Å². The SMILES string of the molecule is COc1ccc(OC)c([C@H](C)NC(=O)C2CCN(S(C)(=O)=O)CC2)c1. The van der Waals surface area contributed by atoms with Gasteiger partial charge in [-0.15, -0.1) is 0 Å². The van der Waals surface area contributed by atoms with Gasteiger partial charge >= 0.3 is 0 Å². The average Bonchev–Trinajstić information content (AvgIpc) is 2.60. The van der Waals surface area contributed by atoms with Gasteiger partial charge in [0.2, 0.25) is 15.9 Å². The third kappa shape index (κ3) is 4.85. The molecule has 1 saturated heterocycles. The predicted molar refractivity (Wildman–Crippen MR) is 95.2 cm³/mol. The van der Waals surface area contributed by atoms with E-state index in [1.807, 2.05) is 13.0 Å². The topological polar surface area (TPSA) is 84.9 Å². The molecule has 25 heavy (non-hydrogen) atoms. The van der Waals surface area contributed by atoms with E-state index in [0.29, 0.717) is 37.4 Å². The number of sulfonamides is 1. The lowest BCUT2D eigenvalue weighted by molar-refractivity contribution is -0.126. The first-order valence-corrected chi connectivity index (χ1v) is 10.1. The molecule has 1 fully saturated rings. The van der Waals surface area contributed by atoms with Gasteiger partial charge in [0.15, 0.2) is 0 Å². The van der Waals surface area contributed by atoms with Crippen LogP contribution < -0.4 is 14.8 Å². The number of hydrogen-bond donors (Lipinski definition) is 1. The second kappa shape index (κ2) is 8.05. The molecule has 1 amide bonds. The molecule has 140 valence electrons. The van der Waals surface area contributed by atoms with Crippen LogP contribution in [0.25, 0.3) is 0 Å². The summed E-state index contributed by atoms with van der Waals surface area (Å²) < 4.78 is 35.1. The normalized spacial score (nSPS) is 17.8. The van der Waals surface area contributed by atoms with Crippen LogP contribution in [-0.4, -0.2) is 52.2 Å². The van der Waals surface area contributed by atoms with E-state index in [1.54, 1.807) is 26.4 Å². The second-order valence-electron chi connectivity index (χ2n) is 6.27. The minimum absolute atomic E-state index is 0.0643. The van der Waals surface area contributed by atoms with Gasteiger partial charge in [-0.3, -0.25) is 4.79 Å². The summed E-state index contributed by atoms with van der Waals surface area (Å²) in [7, 11) is -0.0148. The Labute approximate surface area is 149 Å². The second-order valence-corrected chi connectivity index (χ2v) is 8.26. The lowest BCUT2D eigenvalue weighted by atomic mass is 9.96. The van der Waals surface area contributed by atoms with E-state index >= 15 is 0 Å². The van der Waals surface area contributed by atoms with Crippen molar-refractivity contribution in [2.24, 2.45) is 5.92 Å². The molecule has 0 aliphatic carbocycles. The molecule has 1 aromatic carbocycles. The highest BCUT2D eigenvalue weighted by atomic mass is 32.2. The van der Waals surface area contributed by atoms with Gasteiger partial charge in [0.05, 0.1) is 26.5 Å². The van der Waals surface area contributed by atoms with Gasteiger partial charge in [0.25, 0.3) is 0 Å². The van der Waals surface area contributed by atoms with Gasteiger partial charge in [0, 0.05) is 24.6 Å². The minimum Gasteiger partial charge on any atom is -0.497 e. The number of nitrogens with one attached hydrogen (secondary N) is 1. The van der Waals surface area contributed by atoms with Crippen molar-refractivity contribution in [3.05, 3.63) is 23.8 Å². The molecule has 1 N–H and O–H groups in total. The lowest BCUT2D eigenvalue weighted by Crippen LogP contribution is -2.43. The van der Waals surface area contributed by atoms with Crippen molar-refractivity contribution < 1.29 is 22.7 Å². The molecule has 0 spiro atoms. The molecule has 0 unspecified atom stereocenters. The van der Waals surface area contributed by atoms with Crippen molar-refractivity contribution in [3.63, 3.8) is 0 Å². The molecule has 1 aliphatic heterocycles. The van der Waals surface area contributed by atoms with Gasteiger partial charge in [-0.2, -0.15) is 0 Å². The first-order chi connectivity index (χ1) is 11.8. The number of benzene rings is 1. The fourth-order valence-electron chi connectivity index (χ4n) is 3.04. The summed E-state index contributed by atoms with van der Waals surface area (Å²) in [4.78, 5) is 12.5. The van der Waals surface area contributed by atoms with E-state index in [1.165, 1.54) is 10.6 Å². The van der Waals surface area contributed by atoms with Crippen LogP contribution in [0.5, 0.6) is 11.5 Å². The number of carbonyl (C=O) groups excluding carboxylic acids is 1. The van der Waals surface area contributed by atoms with Gasteiger partial charge in [-0.25, -0.2) is 12.7 Å². The smallest absolute Gasteiger partial charge is 0.223 e. The van der Waals surface area contributed by atoms with Crippen molar-refractivity contribution in [1.29, 1.82) is 0 Å². The highest BCUT2D eigenvalue weighted by molar-refractivity contribution is 7.88. The maximum absolute atomic E-state index is 12.5. The number of hydrogen-bond acceptors (Lipinski definition) is 5.